The van der Waals surface area contributed by atoms with Gasteiger partial charge in [-0.05, 0) is 57.1 Å². The van der Waals surface area contributed by atoms with Crippen LogP contribution < -0.4 is 0 Å². The summed E-state index contributed by atoms with van der Waals surface area (Å²) in [6, 6.07) is 0. The Morgan fingerprint density at radius 2 is 2.22 bits per heavy atom. The van der Waals surface area contributed by atoms with E-state index in [9.17, 15) is 0 Å². The van der Waals surface area contributed by atoms with Crippen molar-refractivity contribution in [3.63, 3.8) is 0 Å². The first-order valence-corrected chi connectivity index (χ1v) is 6.83. The normalized spacial score (nSPS) is 20.8. The number of allylic oxidation sites excluding steroid dienone is 1. The third kappa shape index (κ3) is 7.51. The topological polar surface area (TPSA) is 27.7 Å². The molecule has 0 amide bonds. The fourth-order valence-electron chi connectivity index (χ4n) is 1.79. The molecule has 1 saturated heterocycles. The van der Waals surface area contributed by atoms with Crippen LogP contribution in [0.2, 0.25) is 0 Å². The molecule has 0 bridgehead atoms. The number of rotatable bonds is 8. The van der Waals surface area contributed by atoms with Crippen LogP contribution in [-0.2, 0) is 14.2 Å². The van der Waals surface area contributed by atoms with E-state index in [-0.39, 0.29) is 6.29 Å². The van der Waals surface area contributed by atoms with Crippen molar-refractivity contribution in [2.24, 2.45) is 0 Å². The Bertz CT molecular complexity index is 265. The van der Waals surface area contributed by atoms with E-state index in [0.717, 1.165) is 38.0 Å². The first-order valence-electron chi connectivity index (χ1n) is 6.83. The van der Waals surface area contributed by atoms with Gasteiger partial charge in [0.15, 0.2) is 6.29 Å². The molecular weight excluding hydrogens is 228 g/mol. The molecule has 0 saturated carbocycles. The van der Waals surface area contributed by atoms with Crippen LogP contribution >= 0.6 is 0 Å². The van der Waals surface area contributed by atoms with E-state index in [4.69, 9.17) is 14.2 Å². The van der Waals surface area contributed by atoms with Gasteiger partial charge in [0.05, 0.1) is 12.9 Å². The third-order valence-electron chi connectivity index (χ3n) is 2.77. The monoisotopic (exact) mass is 254 g/mol. The van der Waals surface area contributed by atoms with E-state index in [1.807, 2.05) is 13.2 Å². The lowest BCUT2D eigenvalue weighted by Gasteiger charge is -2.22. The van der Waals surface area contributed by atoms with Crippen molar-refractivity contribution >= 4 is 0 Å². The summed E-state index contributed by atoms with van der Waals surface area (Å²) >= 11 is 0. The van der Waals surface area contributed by atoms with Crippen LogP contribution in [0.4, 0.5) is 0 Å². The summed E-state index contributed by atoms with van der Waals surface area (Å²) in [7, 11) is 0. The maximum Gasteiger partial charge on any atom is 0.157 e. The molecule has 1 atom stereocenters. The second-order valence-corrected chi connectivity index (χ2v) is 5.00. The zero-order valence-corrected chi connectivity index (χ0v) is 11.7. The minimum absolute atomic E-state index is 0.0303. The second-order valence-electron chi connectivity index (χ2n) is 5.00. The fraction of sp³-hybridized carbons (Fsp3) is 0.733. The standard InChI is InChI=1S/C15H26O3/c1-13(2)11-16-12-14(3)7-6-10-18-15-8-4-5-9-17-15/h12,15H,1,4-11H2,2-3H3/b14-12+. The summed E-state index contributed by atoms with van der Waals surface area (Å²) in [6.07, 6.45) is 7.30. The van der Waals surface area contributed by atoms with Gasteiger partial charge in [-0.1, -0.05) is 6.58 Å². The molecule has 1 rings (SSSR count). The minimum atomic E-state index is 0.0303. The third-order valence-corrected chi connectivity index (χ3v) is 2.77. The summed E-state index contributed by atoms with van der Waals surface area (Å²) in [4.78, 5) is 0. The summed E-state index contributed by atoms with van der Waals surface area (Å²) in [5.74, 6) is 0. The summed E-state index contributed by atoms with van der Waals surface area (Å²) in [5, 5.41) is 0. The molecule has 0 aromatic carbocycles. The smallest absolute Gasteiger partial charge is 0.157 e. The molecule has 3 nitrogen and oxygen atoms in total. The molecule has 1 aliphatic rings. The van der Waals surface area contributed by atoms with E-state index < -0.39 is 0 Å². The van der Waals surface area contributed by atoms with Gasteiger partial charge in [0, 0.05) is 6.61 Å². The number of ether oxygens (including phenoxy) is 3. The summed E-state index contributed by atoms with van der Waals surface area (Å²) in [6.45, 7) is 10.0. The lowest BCUT2D eigenvalue weighted by molar-refractivity contribution is -0.162. The maximum absolute atomic E-state index is 5.67. The highest BCUT2D eigenvalue weighted by atomic mass is 16.7. The van der Waals surface area contributed by atoms with E-state index >= 15 is 0 Å². The van der Waals surface area contributed by atoms with Crippen molar-refractivity contribution < 1.29 is 14.2 Å². The SMILES string of the molecule is C=C(C)CO/C=C(\C)CCCOC1CCCCO1. The largest absolute Gasteiger partial charge is 0.497 e. The molecule has 0 radical (unpaired) electrons. The predicted molar refractivity (Wildman–Crippen MR) is 73.3 cm³/mol. The summed E-state index contributed by atoms with van der Waals surface area (Å²) < 4.78 is 16.6. The average molecular weight is 254 g/mol. The van der Waals surface area contributed by atoms with E-state index in [2.05, 4.69) is 13.5 Å². The van der Waals surface area contributed by atoms with Crippen LogP contribution in [0.25, 0.3) is 0 Å². The molecule has 0 aliphatic carbocycles. The molecule has 1 aliphatic heterocycles. The predicted octanol–water partition coefficient (Wildman–Crippen LogP) is 3.81. The van der Waals surface area contributed by atoms with Gasteiger partial charge < -0.3 is 14.2 Å². The van der Waals surface area contributed by atoms with Gasteiger partial charge in [-0.3, -0.25) is 0 Å². The Hall–Kier alpha value is -0.800. The Balaban J connectivity index is 2.00. The van der Waals surface area contributed by atoms with E-state index in [1.165, 1.54) is 18.4 Å². The second kappa shape index (κ2) is 9.17. The highest BCUT2D eigenvalue weighted by molar-refractivity contribution is 4.95. The molecule has 1 heterocycles. The number of hydrogen-bond donors (Lipinski definition) is 0. The lowest BCUT2D eigenvalue weighted by Crippen LogP contribution is -2.22. The van der Waals surface area contributed by atoms with Gasteiger partial charge in [0.1, 0.15) is 6.61 Å². The van der Waals surface area contributed by atoms with Gasteiger partial charge in [-0.15, -0.1) is 0 Å². The van der Waals surface area contributed by atoms with Gasteiger partial charge in [0.25, 0.3) is 0 Å². The van der Waals surface area contributed by atoms with Crippen molar-refractivity contribution in [2.45, 2.75) is 52.2 Å². The highest BCUT2D eigenvalue weighted by Gasteiger charge is 2.13. The van der Waals surface area contributed by atoms with Crippen molar-refractivity contribution in [3.8, 4) is 0 Å². The van der Waals surface area contributed by atoms with Crippen molar-refractivity contribution in [3.05, 3.63) is 24.0 Å². The van der Waals surface area contributed by atoms with E-state index in [0.29, 0.717) is 6.61 Å². The Kier molecular flexibility index (Phi) is 7.78. The van der Waals surface area contributed by atoms with Crippen LogP contribution in [0.3, 0.4) is 0 Å². The first-order chi connectivity index (χ1) is 8.68. The minimum Gasteiger partial charge on any atom is -0.497 e. The van der Waals surface area contributed by atoms with Crippen LogP contribution in [0, 0.1) is 0 Å². The van der Waals surface area contributed by atoms with Crippen molar-refractivity contribution in [1.82, 2.24) is 0 Å². The quantitative estimate of drug-likeness (QED) is 0.374. The van der Waals surface area contributed by atoms with Crippen LogP contribution in [0.1, 0.15) is 46.0 Å². The van der Waals surface area contributed by atoms with Gasteiger partial charge in [-0.25, -0.2) is 0 Å². The fourth-order valence-corrected chi connectivity index (χ4v) is 1.79. The molecule has 3 heteroatoms. The van der Waals surface area contributed by atoms with Gasteiger partial charge in [0.2, 0.25) is 0 Å². The Morgan fingerprint density at radius 1 is 1.39 bits per heavy atom. The van der Waals surface area contributed by atoms with Crippen LogP contribution in [-0.4, -0.2) is 26.1 Å². The van der Waals surface area contributed by atoms with Crippen molar-refractivity contribution in [2.75, 3.05) is 19.8 Å². The van der Waals surface area contributed by atoms with Crippen LogP contribution in [0.15, 0.2) is 24.0 Å². The van der Waals surface area contributed by atoms with Crippen molar-refractivity contribution in [1.29, 1.82) is 0 Å². The maximum atomic E-state index is 5.67. The molecule has 1 fully saturated rings. The molecule has 104 valence electrons. The molecule has 1 unspecified atom stereocenters. The van der Waals surface area contributed by atoms with E-state index in [1.54, 1.807) is 0 Å². The van der Waals surface area contributed by atoms with Crippen LogP contribution in [0.5, 0.6) is 0 Å². The first kappa shape index (κ1) is 15.3. The zero-order valence-electron chi connectivity index (χ0n) is 11.7. The molecule has 0 aromatic heterocycles. The lowest BCUT2D eigenvalue weighted by atomic mass is 10.2. The molecule has 0 spiro atoms. The molecule has 0 N–H and O–H groups in total. The molecule has 0 aromatic rings. The Morgan fingerprint density at radius 3 is 2.89 bits per heavy atom. The zero-order chi connectivity index (χ0) is 13.2. The number of hydrogen-bond acceptors (Lipinski definition) is 3. The molecular formula is C15H26O3. The van der Waals surface area contributed by atoms with Gasteiger partial charge >= 0.3 is 0 Å². The highest BCUT2D eigenvalue weighted by Crippen LogP contribution is 2.14. The average Bonchev–Trinajstić information content (AvgIpc) is 2.35. The molecule has 18 heavy (non-hydrogen) atoms. The Labute approximate surface area is 111 Å². The van der Waals surface area contributed by atoms with Gasteiger partial charge in [-0.2, -0.15) is 0 Å². The summed E-state index contributed by atoms with van der Waals surface area (Å²) in [5.41, 5.74) is 2.28.